The maximum absolute atomic E-state index is 11.1. The zero-order chi connectivity index (χ0) is 17.3. The highest BCUT2D eigenvalue weighted by Crippen LogP contribution is 2.35. The summed E-state index contributed by atoms with van der Waals surface area (Å²) in [4.78, 5) is 15.9. The van der Waals surface area contributed by atoms with Crippen LogP contribution in [0, 0.1) is 6.92 Å². The number of hydrogen-bond acceptors (Lipinski definition) is 3. The van der Waals surface area contributed by atoms with Crippen molar-refractivity contribution in [2.75, 3.05) is 7.11 Å². The van der Waals surface area contributed by atoms with E-state index in [-0.39, 0.29) is 12.3 Å². The van der Waals surface area contributed by atoms with Crippen LogP contribution in [-0.4, -0.2) is 18.0 Å². The summed E-state index contributed by atoms with van der Waals surface area (Å²) >= 11 is 6.42. The van der Waals surface area contributed by atoms with E-state index in [1.54, 1.807) is 7.11 Å². The lowest BCUT2D eigenvalue weighted by atomic mass is 10.0. The minimum atomic E-state index is -0.363. The number of nitrogens with two attached hydrogens (primary N) is 1. The normalized spacial score (nSPS) is 10.8. The van der Waals surface area contributed by atoms with Gasteiger partial charge in [-0.05, 0) is 36.2 Å². The molecule has 1 amide bonds. The van der Waals surface area contributed by atoms with Crippen LogP contribution < -0.4 is 10.5 Å². The summed E-state index contributed by atoms with van der Waals surface area (Å²) < 4.78 is 5.28. The Bertz CT molecular complexity index is 938. The topological polar surface area (TPSA) is 65.2 Å². The van der Waals surface area contributed by atoms with Crippen LogP contribution in [-0.2, 0) is 11.2 Å². The Morgan fingerprint density at radius 2 is 2.04 bits per heavy atom. The molecule has 3 rings (SSSR count). The van der Waals surface area contributed by atoms with Crippen LogP contribution in [0.4, 0.5) is 0 Å². The molecule has 2 aromatic carbocycles. The number of ether oxygens (including phenoxy) is 1. The minimum Gasteiger partial charge on any atom is -0.495 e. The van der Waals surface area contributed by atoms with Gasteiger partial charge in [0.25, 0.3) is 0 Å². The number of methoxy groups -OCH3 is 1. The van der Waals surface area contributed by atoms with Crippen molar-refractivity contribution in [1.29, 1.82) is 0 Å². The fourth-order valence-electron chi connectivity index (χ4n) is 2.76. The number of aromatic nitrogens is 1. The fourth-order valence-corrected chi connectivity index (χ4v) is 3.06. The first kappa shape index (κ1) is 16.3. The first-order chi connectivity index (χ1) is 11.5. The standard InChI is InChI=1S/C19H17ClN2O2/c1-11-8-15(14-4-3-5-17(24-2)19(14)20)22-16-9-12(10-18(21)23)6-7-13(11)16/h3-9H,10H2,1-2H3,(H2,21,23). The van der Waals surface area contributed by atoms with Crippen molar-refractivity contribution < 1.29 is 9.53 Å². The van der Waals surface area contributed by atoms with Crippen LogP contribution >= 0.6 is 11.6 Å². The smallest absolute Gasteiger partial charge is 0.221 e. The Hall–Kier alpha value is -2.59. The van der Waals surface area contributed by atoms with Gasteiger partial charge in [0, 0.05) is 10.9 Å². The molecular formula is C19H17ClN2O2. The molecule has 0 fully saturated rings. The molecule has 0 saturated carbocycles. The van der Waals surface area contributed by atoms with E-state index in [9.17, 15) is 4.79 Å². The molecule has 1 aromatic heterocycles. The van der Waals surface area contributed by atoms with Crippen molar-refractivity contribution >= 4 is 28.4 Å². The maximum atomic E-state index is 11.1. The van der Waals surface area contributed by atoms with Crippen LogP contribution in [0.1, 0.15) is 11.1 Å². The molecule has 5 heteroatoms. The summed E-state index contributed by atoms with van der Waals surface area (Å²) in [5.74, 6) is 0.245. The van der Waals surface area contributed by atoms with Crippen LogP contribution in [0.15, 0.2) is 42.5 Å². The average molecular weight is 341 g/mol. The number of carbonyl (C=O) groups is 1. The highest BCUT2D eigenvalue weighted by molar-refractivity contribution is 6.34. The third kappa shape index (κ3) is 3.05. The number of benzene rings is 2. The van der Waals surface area contributed by atoms with Gasteiger partial charge in [0.15, 0.2) is 0 Å². The average Bonchev–Trinajstić information content (AvgIpc) is 2.54. The Morgan fingerprint density at radius 1 is 1.25 bits per heavy atom. The van der Waals surface area contributed by atoms with E-state index in [4.69, 9.17) is 27.1 Å². The van der Waals surface area contributed by atoms with E-state index >= 15 is 0 Å². The summed E-state index contributed by atoms with van der Waals surface area (Å²) in [6.45, 7) is 2.02. The SMILES string of the molecule is COc1cccc(-c2cc(C)c3ccc(CC(N)=O)cc3n2)c1Cl. The molecule has 3 aromatic rings. The monoisotopic (exact) mass is 340 g/mol. The van der Waals surface area contributed by atoms with Gasteiger partial charge < -0.3 is 10.5 Å². The molecule has 0 aliphatic carbocycles. The molecule has 0 radical (unpaired) electrons. The molecule has 24 heavy (non-hydrogen) atoms. The lowest BCUT2D eigenvalue weighted by Crippen LogP contribution is -2.13. The zero-order valence-corrected chi connectivity index (χ0v) is 14.2. The molecule has 0 bridgehead atoms. The number of primary amides is 1. The third-order valence-corrected chi connectivity index (χ3v) is 4.31. The number of rotatable bonds is 4. The van der Waals surface area contributed by atoms with Gasteiger partial charge in [-0.2, -0.15) is 0 Å². The molecule has 122 valence electrons. The van der Waals surface area contributed by atoms with E-state index in [0.29, 0.717) is 10.8 Å². The second kappa shape index (κ2) is 6.49. The van der Waals surface area contributed by atoms with Gasteiger partial charge >= 0.3 is 0 Å². The predicted octanol–water partition coefficient (Wildman–Crippen LogP) is 3.90. The second-order valence-corrected chi connectivity index (χ2v) is 6.02. The number of carbonyl (C=O) groups excluding carboxylic acids is 1. The lowest BCUT2D eigenvalue weighted by molar-refractivity contribution is -0.117. The van der Waals surface area contributed by atoms with Crippen LogP contribution in [0.3, 0.4) is 0 Å². The molecule has 1 heterocycles. The molecule has 0 unspecified atom stereocenters. The Kier molecular flexibility index (Phi) is 4.40. The first-order valence-corrected chi connectivity index (χ1v) is 7.89. The molecule has 4 nitrogen and oxygen atoms in total. The van der Waals surface area contributed by atoms with Crippen LogP contribution in [0.25, 0.3) is 22.2 Å². The number of hydrogen-bond donors (Lipinski definition) is 1. The fraction of sp³-hybridized carbons (Fsp3) is 0.158. The van der Waals surface area contributed by atoms with Gasteiger partial charge in [0.1, 0.15) is 5.75 Å². The van der Waals surface area contributed by atoms with Crippen molar-refractivity contribution in [3.8, 4) is 17.0 Å². The van der Waals surface area contributed by atoms with Gasteiger partial charge in [0.2, 0.25) is 5.91 Å². The zero-order valence-electron chi connectivity index (χ0n) is 13.5. The number of nitrogens with zero attached hydrogens (tertiary/aromatic N) is 1. The largest absolute Gasteiger partial charge is 0.495 e. The Morgan fingerprint density at radius 3 is 2.75 bits per heavy atom. The maximum Gasteiger partial charge on any atom is 0.221 e. The van der Waals surface area contributed by atoms with E-state index < -0.39 is 0 Å². The Labute approximate surface area is 145 Å². The second-order valence-electron chi connectivity index (χ2n) is 5.64. The molecule has 2 N–H and O–H groups in total. The number of amides is 1. The molecule has 0 saturated heterocycles. The summed E-state index contributed by atoms with van der Waals surface area (Å²) in [7, 11) is 1.58. The van der Waals surface area contributed by atoms with Gasteiger partial charge in [-0.1, -0.05) is 35.9 Å². The van der Waals surface area contributed by atoms with Gasteiger partial charge in [-0.3, -0.25) is 4.79 Å². The minimum absolute atomic E-state index is 0.195. The third-order valence-electron chi connectivity index (χ3n) is 3.92. The van der Waals surface area contributed by atoms with Gasteiger partial charge in [-0.15, -0.1) is 0 Å². The molecule has 0 atom stereocenters. The quantitative estimate of drug-likeness (QED) is 0.783. The highest BCUT2D eigenvalue weighted by atomic mass is 35.5. The van der Waals surface area contributed by atoms with Crippen LogP contribution in [0.2, 0.25) is 5.02 Å². The van der Waals surface area contributed by atoms with Crippen molar-refractivity contribution in [2.45, 2.75) is 13.3 Å². The summed E-state index contributed by atoms with van der Waals surface area (Å²) in [5.41, 5.74) is 9.59. The Balaban J connectivity index is 2.17. The summed E-state index contributed by atoms with van der Waals surface area (Å²) in [6, 6.07) is 13.4. The molecule has 0 spiro atoms. The molecule has 0 aliphatic rings. The number of pyridine rings is 1. The van der Waals surface area contributed by atoms with Crippen molar-refractivity contribution in [1.82, 2.24) is 4.98 Å². The van der Waals surface area contributed by atoms with Crippen molar-refractivity contribution in [2.24, 2.45) is 5.73 Å². The highest BCUT2D eigenvalue weighted by Gasteiger charge is 2.12. The lowest BCUT2D eigenvalue weighted by Gasteiger charge is -2.11. The number of aryl methyl sites for hydroxylation is 1. The van der Waals surface area contributed by atoms with E-state index in [2.05, 4.69) is 0 Å². The summed E-state index contributed by atoms with van der Waals surface area (Å²) in [6.07, 6.45) is 0.195. The van der Waals surface area contributed by atoms with Gasteiger partial charge in [0.05, 0.1) is 29.8 Å². The van der Waals surface area contributed by atoms with Crippen molar-refractivity contribution in [3.05, 3.63) is 58.6 Å². The summed E-state index contributed by atoms with van der Waals surface area (Å²) in [5, 5.41) is 1.56. The van der Waals surface area contributed by atoms with Crippen LogP contribution in [0.5, 0.6) is 5.75 Å². The number of fused-ring (bicyclic) bond motifs is 1. The van der Waals surface area contributed by atoms with E-state index in [0.717, 1.165) is 33.3 Å². The predicted molar refractivity (Wildman–Crippen MR) is 96.4 cm³/mol. The molecule has 0 aliphatic heterocycles. The molecular weight excluding hydrogens is 324 g/mol. The van der Waals surface area contributed by atoms with Gasteiger partial charge in [-0.25, -0.2) is 4.98 Å². The first-order valence-electron chi connectivity index (χ1n) is 7.51. The van der Waals surface area contributed by atoms with E-state index in [1.807, 2.05) is 49.4 Å². The van der Waals surface area contributed by atoms with E-state index in [1.165, 1.54) is 0 Å². The van der Waals surface area contributed by atoms with Crippen molar-refractivity contribution in [3.63, 3.8) is 0 Å². The number of halogens is 1.